The van der Waals surface area contributed by atoms with Gasteiger partial charge >= 0.3 is 0 Å². The molecule has 1 rings (SSSR count). The fourth-order valence-corrected chi connectivity index (χ4v) is 3.60. The molecule has 118 valence electrons. The monoisotopic (exact) mass is 314 g/mol. The zero-order valence-corrected chi connectivity index (χ0v) is 13.1. The Morgan fingerprint density at radius 1 is 1.52 bits per heavy atom. The third-order valence-corrected chi connectivity index (χ3v) is 4.95. The van der Waals surface area contributed by atoms with Gasteiger partial charge in [-0.1, -0.05) is 25.1 Å². The smallest absolute Gasteiger partial charge is 0.214 e. The molecular formula is C13H22N4O3S. The molecule has 0 amide bonds. The quantitative estimate of drug-likeness (QED) is 0.322. The summed E-state index contributed by atoms with van der Waals surface area (Å²) in [7, 11) is -3.41. The number of rotatable bonds is 8. The molecule has 1 aromatic rings. The van der Waals surface area contributed by atoms with Gasteiger partial charge in [-0.25, -0.2) is 8.42 Å². The summed E-state index contributed by atoms with van der Waals surface area (Å²) < 4.78 is 26.2. The fraction of sp³-hybridized carbons (Fsp3) is 0.538. The molecule has 21 heavy (non-hydrogen) atoms. The van der Waals surface area contributed by atoms with Crippen LogP contribution in [0.3, 0.4) is 0 Å². The summed E-state index contributed by atoms with van der Waals surface area (Å²) in [5, 5.41) is 11.4. The maximum atomic E-state index is 12.4. The molecule has 0 aliphatic heterocycles. The number of sulfonamides is 1. The van der Waals surface area contributed by atoms with Crippen LogP contribution in [0.25, 0.3) is 0 Å². The second-order valence-corrected chi connectivity index (χ2v) is 7.22. The van der Waals surface area contributed by atoms with Crippen LogP contribution in [-0.4, -0.2) is 41.0 Å². The van der Waals surface area contributed by atoms with Crippen LogP contribution >= 0.6 is 0 Å². The van der Waals surface area contributed by atoms with Crippen LogP contribution < -0.4 is 5.73 Å². The third kappa shape index (κ3) is 6.09. The highest BCUT2D eigenvalue weighted by molar-refractivity contribution is 7.89. The molecule has 1 aromatic heterocycles. The Morgan fingerprint density at radius 3 is 2.76 bits per heavy atom. The van der Waals surface area contributed by atoms with Crippen molar-refractivity contribution in [2.75, 3.05) is 12.3 Å². The van der Waals surface area contributed by atoms with Crippen molar-refractivity contribution < 1.29 is 13.6 Å². The van der Waals surface area contributed by atoms with Gasteiger partial charge in [0.25, 0.3) is 0 Å². The first-order valence-corrected chi connectivity index (χ1v) is 8.29. The molecule has 0 saturated heterocycles. The van der Waals surface area contributed by atoms with Gasteiger partial charge < -0.3 is 10.9 Å². The average Bonchev–Trinajstić information content (AvgIpc) is 2.42. The van der Waals surface area contributed by atoms with Crippen LogP contribution in [0.4, 0.5) is 0 Å². The fourth-order valence-electron chi connectivity index (χ4n) is 1.83. The highest BCUT2D eigenvalue weighted by Crippen LogP contribution is 2.12. The zero-order valence-electron chi connectivity index (χ0n) is 12.3. The lowest BCUT2D eigenvalue weighted by Gasteiger charge is -2.23. The standard InChI is InChI=1S/C13H22N4O3S/c1-11(2)10-21(19,20)17(7-5-13(14)16-18)9-12-4-3-6-15-8-12/h3-4,6,8,11,18H,5,7,9-10H2,1-2H3,(H2,14,16). The van der Waals surface area contributed by atoms with E-state index in [1.807, 2.05) is 19.9 Å². The van der Waals surface area contributed by atoms with Crippen molar-refractivity contribution in [3.05, 3.63) is 30.1 Å². The maximum absolute atomic E-state index is 12.4. The van der Waals surface area contributed by atoms with E-state index in [1.54, 1.807) is 18.5 Å². The van der Waals surface area contributed by atoms with E-state index < -0.39 is 10.0 Å². The number of hydrogen-bond acceptors (Lipinski definition) is 5. The number of nitrogens with zero attached hydrogens (tertiary/aromatic N) is 3. The van der Waals surface area contributed by atoms with Gasteiger partial charge in [-0.3, -0.25) is 4.98 Å². The van der Waals surface area contributed by atoms with Gasteiger partial charge in [0.05, 0.1) is 5.75 Å². The minimum Gasteiger partial charge on any atom is -0.409 e. The first kappa shape index (κ1) is 17.4. The maximum Gasteiger partial charge on any atom is 0.214 e. The van der Waals surface area contributed by atoms with E-state index in [2.05, 4.69) is 10.1 Å². The summed E-state index contributed by atoms with van der Waals surface area (Å²) in [6.45, 7) is 4.09. The Labute approximate surface area is 125 Å². The van der Waals surface area contributed by atoms with Crippen molar-refractivity contribution in [3.8, 4) is 0 Å². The van der Waals surface area contributed by atoms with Crippen molar-refractivity contribution in [3.63, 3.8) is 0 Å². The summed E-state index contributed by atoms with van der Waals surface area (Å²) >= 11 is 0. The molecule has 0 atom stereocenters. The van der Waals surface area contributed by atoms with E-state index >= 15 is 0 Å². The van der Waals surface area contributed by atoms with E-state index in [0.29, 0.717) is 0 Å². The van der Waals surface area contributed by atoms with Gasteiger partial charge in [-0.2, -0.15) is 4.31 Å². The molecule has 7 nitrogen and oxygen atoms in total. The molecule has 3 N–H and O–H groups in total. The number of oxime groups is 1. The van der Waals surface area contributed by atoms with Gasteiger partial charge in [0.2, 0.25) is 10.0 Å². The molecular weight excluding hydrogens is 292 g/mol. The minimum atomic E-state index is -3.41. The molecule has 0 spiro atoms. The van der Waals surface area contributed by atoms with Crippen molar-refractivity contribution in [2.45, 2.75) is 26.8 Å². The summed E-state index contributed by atoms with van der Waals surface area (Å²) in [6, 6.07) is 3.57. The molecule has 0 unspecified atom stereocenters. The number of pyridine rings is 1. The Bertz CT molecular complexity index is 558. The first-order valence-electron chi connectivity index (χ1n) is 6.68. The molecule has 0 radical (unpaired) electrons. The predicted octanol–water partition coefficient (Wildman–Crippen LogP) is 1.01. The van der Waals surface area contributed by atoms with Gasteiger partial charge in [-0.15, -0.1) is 0 Å². The summed E-state index contributed by atoms with van der Waals surface area (Å²) in [4.78, 5) is 3.98. The molecule has 0 bridgehead atoms. The van der Waals surface area contributed by atoms with Crippen molar-refractivity contribution >= 4 is 15.9 Å². The largest absolute Gasteiger partial charge is 0.409 e. The second-order valence-electron chi connectivity index (χ2n) is 5.21. The summed E-state index contributed by atoms with van der Waals surface area (Å²) in [5.74, 6) is 0.0878. The molecule has 0 fully saturated rings. The lowest BCUT2D eigenvalue weighted by molar-refractivity contribution is 0.315. The zero-order chi connectivity index (χ0) is 15.9. The van der Waals surface area contributed by atoms with Crippen molar-refractivity contribution in [1.29, 1.82) is 0 Å². The Balaban J connectivity index is 2.89. The van der Waals surface area contributed by atoms with Crippen LogP contribution in [0.1, 0.15) is 25.8 Å². The normalized spacial score (nSPS) is 13.0. The van der Waals surface area contributed by atoms with E-state index in [9.17, 15) is 8.42 Å². The van der Waals surface area contributed by atoms with Gasteiger partial charge in [0.15, 0.2) is 0 Å². The summed E-state index contributed by atoms with van der Waals surface area (Å²) in [6.07, 6.45) is 3.43. The van der Waals surface area contributed by atoms with E-state index in [0.717, 1.165) is 5.56 Å². The Morgan fingerprint density at radius 2 is 2.24 bits per heavy atom. The van der Waals surface area contributed by atoms with Gasteiger partial charge in [0, 0.05) is 31.9 Å². The lowest BCUT2D eigenvalue weighted by Crippen LogP contribution is -2.36. The number of hydrogen-bond donors (Lipinski definition) is 2. The van der Waals surface area contributed by atoms with E-state index in [4.69, 9.17) is 10.9 Å². The SMILES string of the molecule is CC(C)CS(=O)(=O)N(CCC(N)=NO)Cc1cccnc1. The lowest BCUT2D eigenvalue weighted by atomic mass is 10.3. The number of aromatic nitrogens is 1. The molecule has 1 heterocycles. The number of amidine groups is 1. The number of nitrogens with two attached hydrogens (primary N) is 1. The van der Waals surface area contributed by atoms with Crippen LogP contribution in [0, 0.1) is 5.92 Å². The van der Waals surface area contributed by atoms with Crippen LogP contribution in [-0.2, 0) is 16.6 Å². The molecule has 8 heteroatoms. The molecule has 0 aliphatic rings. The van der Waals surface area contributed by atoms with Crippen molar-refractivity contribution in [1.82, 2.24) is 9.29 Å². The topological polar surface area (TPSA) is 109 Å². The minimum absolute atomic E-state index is 0.00549. The Kier molecular flexibility index (Phi) is 6.57. The van der Waals surface area contributed by atoms with Crippen LogP contribution in [0.15, 0.2) is 29.7 Å². The highest BCUT2D eigenvalue weighted by atomic mass is 32.2. The molecule has 0 aliphatic carbocycles. The summed E-state index contributed by atoms with van der Waals surface area (Å²) in [5.41, 5.74) is 6.22. The van der Waals surface area contributed by atoms with Gasteiger partial charge in [0.1, 0.15) is 5.84 Å². The molecule has 0 saturated carbocycles. The average molecular weight is 314 g/mol. The highest BCUT2D eigenvalue weighted by Gasteiger charge is 2.23. The first-order chi connectivity index (χ1) is 9.85. The van der Waals surface area contributed by atoms with Crippen LogP contribution in [0.5, 0.6) is 0 Å². The predicted molar refractivity (Wildman–Crippen MR) is 81.3 cm³/mol. The molecule has 0 aromatic carbocycles. The van der Waals surface area contributed by atoms with Crippen molar-refractivity contribution in [2.24, 2.45) is 16.8 Å². The van der Waals surface area contributed by atoms with E-state index in [1.165, 1.54) is 4.31 Å². The van der Waals surface area contributed by atoms with E-state index in [-0.39, 0.29) is 37.0 Å². The Hall–Kier alpha value is -1.67. The van der Waals surface area contributed by atoms with Gasteiger partial charge in [-0.05, 0) is 17.5 Å². The van der Waals surface area contributed by atoms with Crippen LogP contribution in [0.2, 0.25) is 0 Å². The third-order valence-electron chi connectivity index (χ3n) is 2.76. The second kappa shape index (κ2) is 7.94.